The van der Waals surface area contributed by atoms with E-state index in [0.29, 0.717) is 11.6 Å². The van der Waals surface area contributed by atoms with Gasteiger partial charge in [-0.05, 0) is 62.3 Å². The summed E-state index contributed by atoms with van der Waals surface area (Å²) in [5, 5.41) is 5.82. The summed E-state index contributed by atoms with van der Waals surface area (Å²) in [4.78, 5) is 24.4. The Kier molecular flexibility index (Phi) is 6.76. The number of carbonyl (C=O) groups excluding carboxylic acids is 2. The SMILES string of the molecule is CC(C)CCNC(=O)C1CCC(C(=O)Nc2ccc(F)cc2)CC1. The smallest absolute Gasteiger partial charge is 0.227 e. The van der Waals surface area contributed by atoms with Crippen LogP contribution in [0.5, 0.6) is 0 Å². The molecule has 1 fully saturated rings. The highest BCUT2D eigenvalue weighted by Gasteiger charge is 2.29. The summed E-state index contributed by atoms with van der Waals surface area (Å²) in [6.45, 7) is 5.00. The third kappa shape index (κ3) is 5.62. The van der Waals surface area contributed by atoms with Gasteiger partial charge in [-0.1, -0.05) is 13.8 Å². The van der Waals surface area contributed by atoms with Crippen LogP contribution in [0, 0.1) is 23.6 Å². The van der Waals surface area contributed by atoms with Gasteiger partial charge in [-0.25, -0.2) is 4.39 Å². The maximum atomic E-state index is 12.9. The van der Waals surface area contributed by atoms with E-state index in [1.807, 2.05) is 0 Å². The van der Waals surface area contributed by atoms with Crippen molar-refractivity contribution in [2.75, 3.05) is 11.9 Å². The zero-order chi connectivity index (χ0) is 17.5. The van der Waals surface area contributed by atoms with Gasteiger partial charge < -0.3 is 10.6 Å². The van der Waals surface area contributed by atoms with Crippen molar-refractivity contribution >= 4 is 17.5 Å². The lowest BCUT2D eigenvalue weighted by molar-refractivity contribution is -0.128. The zero-order valence-corrected chi connectivity index (χ0v) is 14.5. The van der Waals surface area contributed by atoms with Crippen molar-refractivity contribution < 1.29 is 14.0 Å². The molecular formula is C19H27FN2O2. The van der Waals surface area contributed by atoms with Crippen LogP contribution in [-0.4, -0.2) is 18.4 Å². The fraction of sp³-hybridized carbons (Fsp3) is 0.579. The summed E-state index contributed by atoms with van der Waals surface area (Å²) in [6.07, 6.45) is 3.91. The van der Waals surface area contributed by atoms with Crippen molar-refractivity contribution in [1.82, 2.24) is 5.32 Å². The Labute approximate surface area is 143 Å². The molecule has 0 unspecified atom stereocenters. The standard InChI is InChI=1S/C19H27FN2O2/c1-13(2)11-12-21-18(23)14-3-5-15(6-4-14)19(24)22-17-9-7-16(20)8-10-17/h7-10,13-15H,3-6,11-12H2,1-2H3,(H,21,23)(H,22,24). The third-order valence-electron chi connectivity index (χ3n) is 4.60. The number of halogens is 1. The first-order chi connectivity index (χ1) is 11.5. The molecule has 0 atom stereocenters. The van der Waals surface area contributed by atoms with Crippen molar-refractivity contribution in [3.8, 4) is 0 Å². The van der Waals surface area contributed by atoms with Gasteiger partial charge in [0.05, 0.1) is 0 Å². The van der Waals surface area contributed by atoms with Gasteiger partial charge in [0.25, 0.3) is 0 Å². The molecule has 5 heteroatoms. The van der Waals surface area contributed by atoms with Crippen molar-refractivity contribution in [2.24, 2.45) is 17.8 Å². The highest BCUT2D eigenvalue weighted by atomic mass is 19.1. The van der Waals surface area contributed by atoms with Crippen molar-refractivity contribution in [1.29, 1.82) is 0 Å². The van der Waals surface area contributed by atoms with E-state index in [2.05, 4.69) is 24.5 Å². The van der Waals surface area contributed by atoms with Crippen LogP contribution < -0.4 is 10.6 Å². The highest BCUT2D eigenvalue weighted by molar-refractivity contribution is 5.92. The van der Waals surface area contributed by atoms with E-state index in [9.17, 15) is 14.0 Å². The number of amides is 2. The lowest BCUT2D eigenvalue weighted by Gasteiger charge is -2.27. The number of carbonyl (C=O) groups is 2. The van der Waals surface area contributed by atoms with Crippen LogP contribution in [0.25, 0.3) is 0 Å². The molecule has 4 nitrogen and oxygen atoms in total. The lowest BCUT2D eigenvalue weighted by atomic mass is 9.81. The van der Waals surface area contributed by atoms with Crippen molar-refractivity contribution in [3.63, 3.8) is 0 Å². The molecule has 1 aliphatic rings. The molecule has 132 valence electrons. The first-order valence-corrected chi connectivity index (χ1v) is 8.80. The molecule has 0 saturated heterocycles. The minimum Gasteiger partial charge on any atom is -0.356 e. The highest BCUT2D eigenvalue weighted by Crippen LogP contribution is 2.30. The maximum absolute atomic E-state index is 12.9. The molecule has 1 aromatic rings. The topological polar surface area (TPSA) is 58.2 Å². The first kappa shape index (κ1) is 18.4. The number of nitrogens with one attached hydrogen (secondary N) is 2. The van der Waals surface area contributed by atoms with Crippen LogP contribution in [0.3, 0.4) is 0 Å². The molecule has 0 heterocycles. The second-order valence-electron chi connectivity index (χ2n) is 7.02. The van der Waals surface area contributed by atoms with Crippen LogP contribution in [0.15, 0.2) is 24.3 Å². The van der Waals surface area contributed by atoms with Gasteiger partial charge in [-0.15, -0.1) is 0 Å². The van der Waals surface area contributed by atoms with Gasteiger partial charge in [-0.3, -0.25) is 9.59 Å². The van der Waals surface area contributed by atoms with Gasteiger partial charge in [0.2, 0.25) is 11.8 Å². The van der Waals surface area contributed by atoms with Gasteiger partial charge in [0.1, 0.15) is 5.82 Å². The van der Waals surface area contributed by atoms with E-state index in [1.165, 1.54) is 12.1 Å². The lowest BCUT2D eigenvalue weighted by Crippen LogP contribution is -2.36. The molecule has 24 heavy (non-hydrogen) atoms. The summed E-state index contributed by atoms with van der Waals surface area (Å²) in [5.41, 5.74) is 0.606. The van der Waals surface area contributed by atoms with Crippen molar-refractivity contribution in [2.45, 2.75) is 46.0 Å². The number of hydrogen-bond donors (Lipinski definition) is 2. The van der Waals surface area contributed by atoms with Crippen LogP contribution in [0.4, 0.5) is 10.1 Å². The number of benzene rings is 1. The Morgan fingerprint density at radius 3 is 2.12 bits per heavy atom. The van der Waals surface area contributed by atoms with Crippen molar-refractivity contribution in [3.05, 3.63) is 30.1 Å². The summed E-state index contributed by atoms with van der Waals surface area (Å²) in [7, 11) is 0. The number of hydrogen-bond acceptors (Lipinski definition) is 2. The second kappa shape index (κ2) is 8.81. The summed E-state index contributed by atoms with van der Waals surface area (Å²) in [5.74, 6) is 0.281. The number of rotatable bonds is 6. The molecule has 2 N–H and O–H groups in total. The molecule has 0 radical (unpaired) electrons. The van der Waals surface area contributed by atoms with Crippen LogP contribution >= 0.6 is 0 Å². The van der Waals surface area contributed by atoms with E-state index < -0.39 is 0 Å². The molecule has 0 aromatic heterocycles. The molecule has 1 saturated carbocycles. The fourth-order valence-electron chi connectivity index (χ4n) is 3.02. The first-order valence-electron chi connectivity index (χ1n) is 8.80. The average molecular weight is 334 g/mol. The monoisotopic (exact) mass is 334 g/mol. The average Bonchev–Trinajstić information content (AvgIpc) is 2.56. The largest absolute Gasteiger partial charge is 0.356 e. The minimum absolute atomic E-state index is 0.0204. The van der Waals surface area contributed by atoms with Gasteiger partial charge >= 0.3 is 0 Å². The molecule has 2 rings (SSSR count). The van der Waals surface area contributed by atoms with E-state index in [-0.39, 0.29) is 29.5 Å². The number of anilines is 1. The summed E-state index contributed by atoms with van der Waals surface area (Å²) in [6, 6.07) is 5.77. The van der Waals surface area contributed by atoms with E-state index in [0.717, 1.165) is 38.6 Å². The molecule has 1 aromatic carbocycles. The molecule has 0 aliphatic heterocycles. The normalized spacial score (nSPS) is 20.7. The Morgan fingerprint density at radius 1 is 1.04 bits per heavy atom. The van der Waals surface area contributed by atoms with E-state index >= 15 is 0 Å². The van der Waals surface area contributed by atoms with Crippen LogP contribution in [0.2, 0.25) is 0 Å². The quantitative estimate of drug-likeness (QED) is 0.833. The molecule has 0 spiro atoms. The van der Waals surface area contributed by atoms with Gasteiger partial charge in [0, 0.05) is 24.1 Å². The minimum atomic E-state index is -0.322. The Morgan fingerprint density at radius 2 is 1.58 bits per heavy atom. The predicted octanol–water partition coefficient (Wildman–Crippen LogP) is 3.73. The molecular weight excluding hydrogens is 307 g/mol. The van der Waals surface area contributed by atoms with E-state index in [4.69, 9.17) is 0 Å². The molecule has 0 bridgehead atoms. The molecule has 1 aliphatic carbocycles. The van der Waals surface area contributed by atoms with Gasteiger partial charge in [-0.2, -0.15) is 0 Å². The fourth-order valence-corrected chi connectivity index (χ4v) is 3.02. The molecule has 2 amide bonds. The zero-order valence-electron chi connectivity index (χ0n) is 14.5. The van der Waals surface area contributed by atoms with Crippen LogP contribution in [0.1, 0.15) is 46.0 Å². The van der Waals surface area contributed by atoms with E-state index in [1.54, 1.807) is 12.1 Å². The maximum Gasteiger partial charge on any atom is 0.227 e. The second-order valence-corrected chi connectivity index (χ2v) is 7.02. The Balaban J connectivity index is 1.74. The Hall–Kier alpha value is -1.91. The van der Waals surface area contributed by atoms with Crippen LogP contribution in [-0.2, 0) is 9.59 Å². The third-order valence-corrected chi connectivity index (χ3v) is 4.60. The summed E-state index contributed by atoms with van der Waals surface area (Å²) >= 11 is 0. The summed E-state index contributed by atoms with van der Waals surface area (Å²) < 4.78 is 12.9. The Bertz CT molecular complexity index is 549. The van der Waals surface area contributed by atoms with Gasteiger partial charge in [0.15, 0.2) is 0 Å². The predicted molar refractivity (Wildman–Crippen MR) is 92.9 cm³/mol.